The Hall–Kier alpha value is -4.28. The number of benzene rings is 2. The summed E-state index contributed by atoms with van der Waals surface area (Å²) in [7, 11) is 0. The number of halogens is 3. The lowest BCUT2D eigenvalue weighted by molar-refractivity contribution is 0.208. The van der Waals surface area contributed by atoms with Crippen LogP contribution in [0.2, 0.25) is 0 Å². The molecular formula is C24H21F3N6O2. The number of aryl methyl sites for hydroxylation is 1. The molecule has 1 fully saturated rings. The van der Waals surface area contributed by atoms with E-state index in [9.17, 15) is 18.0 Å². The van der Waals surface area contributed by atoms with Gasteiger partial charge in [-0.2, -0.15) is 0 Å². The number of aromatic nitrogens is 3. The first-order valence-corrected chi connectivity index (χ1v) is 10.9. The smallest absolute Gasteiger partial charge is 0.322 e. The summed E-state index contributed by atoms with van der Waals surface area (Å²) in [4.78, 5) is 26.9. The largest absolute Gasteiger partial charge is 0.454 e. The molecule has 0 bridgehead atoms. The van der Waals surface area contributed by atoms with E-state index in [1.165, 1.54) is 24.7 Å². The zero-order chi connectivity index (χ0) is 24.5. The van der Waals surface area contributed by atoms with Crippen LogP contribution in [-0.2, 0) is 0 Å². The first-order chi connectivity index (χ1) is 16.9. The predicted octanol–water partition coefficient (Wildman–Crippen LogP) is 4.83. The number of hydrogen-bond donors (Lipinski definition) is 2. The van der Waals surface area contributed by atoms with Gasteiger partial charge >= 0.3 is 6.03 Å². The number of aromatic amines is 1. The number of piperazine rings is 1. The van der Waals surface area contributed by atoms with Crippen molar-refractivity contribution in [1.29, 1.82) is 0 Å². The highest BCUT2D eigenvalue weighted by Crippen LogP contribution is 2.29. The second kappa shape index (κ2) is 9.16. The second-order valence-electron chi connectivity index (χ2n) is 8.10. The van der Waals surface area contributed by atoms with Crippen molar-refractivity contribution in [3.05, 3.63) is 72.2 Å². The standard InChI is InChI=1S/C24H21F3N6O2/c1-14-28-11-17(12-29-14)35-16-2-3-22(19(26)10-16)32-4-6-33(7-5-32)24(34)31-21-13-30-23-18(21)8-15(25)9-20(23)27/h2-3,8-13,30H,4-7H2,1H3,(H,31,34). The van der Waals surface area contributed by atoms with E-state index in [0.29, 0.717) is 49.2 Å². The fourth-order valence-corrected chi connectivity index (χ4v) is 3.98. The molecule has 2 N–H and O–H groups in total. The Morgan fingerprint density at radius 2 is 1.74 bits per heavy atom. The lowest BCUT2D eigenvalue weighted by Gasteiger charge is -2.36. The molecular weight excluding hydrogens is 461 g/mol. The van der Waals surface area contributed by atoms with E-state index in [1.54, 1.807) is 24.0 Å². The lowest BCUT2D eigenvalue weighted by atomic mass is 10.2. The first-order valence-electron chi connectivity index (χ1n) is 10.9. The van der Waals surface area contributed by atoms with Crippen LogP contribution in [0.3, 0.4) is 0 Å². The molecule has 2 aromatic heterocycles. The van der Waals surface area contributed by atoms with E-state index in [0.717, 1.165) is 12.1 Å². The van der Waals surface area contributed by atoms with Gasteiger partial charge in [0.15, 0.2) is 5.75 Å². The van der Waals surface area contributed by atoms with Crippen LogP contribution in [0.25, 0.3) is 10.9 Å². The normalized spacial score (nSPS) is 13.8. The van der Waals surface area contributed by atoms with Crippen LogP contribution in [0.4, 0.5) is 29.3 Å². The highest BCUT2D eigenvalue weighted by atomic mass is 19.1. The predicted molar refractivity (Wildman–Crippen MR) is 124 cm³/mol. The maximum atomic E-state index is 14.8. The van der Waals surface area contributed by atoms with Gasteiger partial charge in [-0.3, -0.25) is 0 Å². The Balaban J connectivity index is 1.21. The molecule has 11 heteroatoms. The van der Waals surface area contributed by atoms with Crippen molar-refractivity contribution < 1.29 is 22.7 Å². The summed E-state index contributed by atoms with van der Waals surface area (Å²) in [6, 6.07) is 6.11. The number of nitrogens with one attached hydrogen (secondary N) is 2. The van der Waals surface area contributed by atoms with Crippen LogP contribution in [0.5, 0.6) is 11.5 Å². The zero-order valence-corrected chi connectivity index (χ0v) is 18.7. The van der Waals surface area contributed by atoms with Crippen molar-refractivity contribution in [2.75, 3.05) is 36.4 Å². The van der Waals surface area contributed by atoms with Crippen LogP contribution in [-0.4, -0.2) is 52.1 Å². The molecule has 1 saturated heterocycles. The third-order valence-electron chi connectivity index (χ3n) is 5.77. The number of H-pyrrole nitrogens is 1. The molecule has 0 unspecified atom stereocenters. The summed E-state index contributed by atoms with van der Waals surface area (Å²) >= 11 is 0. The van der Waals surface area contributed by atoms with E-state index in [4.69, 9.17) is 4.74 Å². The minimum atomic E-state index is -0.736. The van der Waals surface area contributed by atoms with Gasteiger partial charge in [0.1, 0.15) is 29.0 Å². The fourth-order valence-electron chi connectivity index (χ4n) is 3.98. The van der Waals surface area contributed by atoms with Crippen LogP contribution < -0.4 is 15.0 Å². The summed E-state index contributed by atoms with van der Waals surface area (Å²) in [6.07, 6.45) is 4.45. The summed E-state index contributed by atoms with van der Waals surface area (Å²) in [5.74, 6) is -0.581. The molecule has 1 aliphatic heterocycles. The van der Waals surface area contributed by atoms with E-state index in [2.05, 4.69) is 20.3 Å². The van der Waals surface area contributed by atoms with E-state index in [1.807, 2.05) is 4.90 Å². The number of amides is 2. The molecule has 2 amide bonds. The van der Waals surface area contributed by atoms with Crippen molar-refractivity contribution >= 4 is 28.3 Å². The minimum Gasteiger partial charge on any atom is -0.454 e. The van der Waals surface area contributed by atoms with E-state index in [-0.39, 0.29) is 16.6 Å². The molecule has 0 atom stereocenters. The maximum Gasteiger partial charge on any atom is 0.322 e. The van der Waals surface area contributed by atoms with Crippen molar-refractivity contribution in [2.24, 2.45) is 0 Å². The van der Waals surface area contributed by atoms with Crippen molar-refractivity contribution in [3.8, 4) is 11.5 Å². The van der Waals surface area contributed by atoms with Gasteiger partial charge in [-0.1, -0.05) is 0 Å². The molecule has 3 heterocycles. The SMILES string of the molecule is Cc1ncc(Oc2ccc(N3CCN(C(=O)Nc4c[nH]c5c(F)cc(F)cc45)CC3)c(F)c2)cn1. The van der Waals surface area contributed by atoms with Gasteiger partial charge in [0.25, 0.3) is 0 Å². The van der Waals surface area contributed by atoms with Gasteiger partial charge in [-0.25, -0.2) is 27.9 Å². The first kappa shape index (κ1) is 22.5. The van der Waals surface area contributed by atoms with Crippen molar-refractivity contribution in [2.45, 2.75) is 6.92 Å². The minimum absolute atomic E-state index is 0.115. The van der Waals surface area contributed by atoms with Gasteiger partial charge in [-0.15, -0.1) is 0 Å². The number of carbonyl (C=O) groups is 1. The molecule has 35 heavy (non-hydrogen) atoms. The van der Waals surface area contributed by atoms with Crippen LogP contribution in [0.1, 0.15) is 5.82 Å². The molecule has 0 saturated carbocycles. The number of urea groups is 1. The summed E-state index contributed by atoms with van der Waals surface area (Å²) in [5, 5.41) is 2.94. The average molecular weight is 482 g/mol. The second-order valence-corrected chi connectivity index (χ2v) is 8.10. The van der Waals surface area contributed by atoms with Gasteiger partial charge < -0.3 is 24.8 Å². The van der Waals surface area contributed by atoms with Gasteiger partial charge in [-0.05, 0) is 25.1 Å². The Bertz CT molecular complexity index is 1380. The van der Waals surface area contributed by atoms with Gasteiger partial charge in [0.05, 0.1) is 29.3 Å². The molecule has 0 spiro atoms. The Morgan fingerprint density at radius 1 is 1.00 bits per heavy atom. The van der Waals surface area contributed by atoms with Gasteiger partial charge in [0.2, 0.25) is 0 Å². The number of ether oxygens (including phenoxy) is 1. The van der Waals surface area contributed by atoms with E-state index < -0.39 is 23.5 Å². The average Bonchev–Trinajstić information content (AvgIpc) is 3.23. The van der Waals surface area contributed by atoms with Crippen molar-refractivity contribution in [1.82, 2.24) is 19.9 Å². The Morgan fingerprint density at radius 3 is 2.46 bits per heavy atom. The summed E-state index contributed by atoms with van der Waals surface area (Å²) in [6.45, 7) is 3.26. The molecule has 5 rings (SSSR count). The molecule has 8 nitrogen and oxygen atoms in total. The third-order valence-corrected chi connectivity index (χ3v) is 5.77. The number of hydrogen-bond acceptors (Lipinski definition) is 5. The highest BCUT2D eigenvalue weighted by Gasteiger charge is 2.24. The summed E-state index contributed by atoms with van der Waals surface area (Å²) < 4.78 is 47.9. The molecule has 0 aliphatic carbocycles. The Labute approximate surface area is 198 Å². The Kier molecular flexibility index (Phi) is 5.89. The maximum absolute atomic E-state index is 14.8. The number of carbonyl (C=O) groups excluding carboxylic acids is 1. The van der Waals surface area contributed by atoms with Crippen LogP contribution >= 0.6 is 0 Å². The molecule has 180 valence electrons. The number of rotatable bonds is 4. The van der Waals surface area contributed by atoms with Crippen molar-refractivity contribution in [3.63, 3.8) is 0 Å². The van der Waals surface area contributed by atoms with Gasteiger partial charge in [0, 0.05) is 49.9 Å². The van der Waals surface area contributed by atoms with Crippen LogP contribution in [0.15, 0.2) is 48.9 Å². The molecule has 1 aliphatic rings. The molecule has 4 aromatic rings. The monoisotopic (exact) mass is 482 g/mol. The molecule has 0 radical (unpaired) electrons. The number of fused-ring (bicyclic) bond motifs is 1. The quantitative estimate of drug-likeness (QED) is 0.435. The topological polar surface area (TPSA) is 86.4 Å². The van der Waals surface area contributed by atoms with E-state index >= 15 is 0 Å². The number of nitrogens with zero attached hydrogens (tertiary/aromatic N) is 4. The highest BCUT2D eigenvalue weighted by molar-refractivity contribution is 6.01. The third kappa shape index (κ3) is 4.70. The molecule has 2 aromatic carbocycles. The lowest BCUT2D eigenvalue weighted by Crippen LogP contribution is -2.50. The summed E-state index contributed by atoms with van der Waals surface area (Å²) in [5.41, 5.74) is 0.802. The fraction of sp³-hybridized carbons (Fsp3) is 0.208. The zero-order valence-electron chi connectivity index (χ0n) is 18.7. The van der Waals surface area contributed by atoms with Crippen LogP contribution in [0, 0.1) is 24.4 Å². The number of anilines is 2.